The summed E-state index contributed by atoms with van der Waals surface area (Å²) in [6, 6.07) is 4.90. The van der Waals surface area contributed by atoms with E-state index < -0.39 is 31.1 Å². The number of benzene rings is 1. The van der Waals surface area contributed by atoms with Crippen molar-refractivity contribution in [1.29, 1.82) is 0 Å². The van der Waals surface area contributed by atoms with Crippen LogP contribution in [0.4, 0.5) is 34.8 Å². The van der Waals surface area contributed by atoms with Crippen LogP contribution in [0.5, 0.6) is 23.3 Å². The molecule has 48 heavy (non-hydrogen) atoms. The number of hydrogen-bond donors (Lipinski definition) is 3. The largest absolute Gasteiger partial charge is 0.586 e. The van der Waals surface area contributed by atoms with Crippen molar-refractivity contribution in [3.63, 3.8) is 0 Å². The number of morpholine rings is 1. The first kappa shape index (κ1) is 31.6. The molecule has 3 N–H and O–H groups in total. The molecule has 0 atom stereocenters. The second kappa shape index (κ2) is 11.9. The third-order valence-corrected chi connectivity index (χ3v) is 8.69. The lowest BCUT2D eigenvalue weighted by Gasteiger charge is -2.74. The number of carbonyl (C=O) groups excluding carboxylic acids is 2. The molecule has 8 rings (SSSR count). The zero-order chi connectivity index (χ0) is 33.7. The fraction of sp³-hybridized carbons (Fsp3) is 0.433. The van der Waals surface area contributed by atoms with Crippen molar-refractivity contribution in [2.24, 2.45) is 0 Å². The van der Waals surface area contributed by atoms with Gasteiger partial charge in [-0.25, -0.2) is 23.7 Å². The molecular weight excluding hydrogens is 646 g/mol. The Morgan fingerprint density at radius 3 is 2.48 bits per heavy atom. The lowest BCUT2D eigenvalue weighted by atomic mass is 9.43. The first-order valence-electron chi connectivity index (χ1n) is 14.9. The SMILES string of the molecule is COc1cc(C(=O)Nc2ccc3c(c2)OC(F)(F)O3)c(NC(=O)c2c(NC34CC(N5CCOCC5)(C3)C4)ncnc2OCC(F)F)cn1. The summed E-state index contributed by atoms with van der Waals surface area (Å²) in [7, 11) is 1.32. The monoisotopic (exact) mass is 675 g/mol. The Morgan fingerprint density at radius 1 is 1.00 bits per heavy atom. The smallest absolute Gasteiger partial charge is 0.481 e. The number of nitrogens with one attached hydrogen (secondary N) is 3. The second-order valence-electron chi connectivity index (χ2n) is 11.9. The van der Waals surface area contributed by atoms with E-state index in [2.05, 4.69) is 45.3 Å². The Hall–Kier alpha value is -4.97. The molecule has 4 heterocycles. The summed E-state index contributed by atoms with van der Waals surface area (Å²) in [5.74, 6) is -2.45. The molecule has 0 radical (unpaired) electrons. The zero-order valence-electron chi connectivity index (χ0n) is 25.4. The van der Waals surface area contributed by atoms with E-state index in [4.69, 9.17) is 14.2 Å². The third kappa shape index (κ3) is 5.96. The molecule has 3 saturated carbocycles. The normalized spacial score (nSPS) is 23.5. The van der Waals surface area contributed by atoms with E-state index in [9.17, 15) is 27.2 Å². The standard InChI is InChI=1S/C30H29F4N7O7/c1-44-22-9-17(25(42)38-16-2-3-19-20(8-16)48-30(33,34)47-19)18(10-35-22)39-26(43)23-24(36-15-37-27(23)46-11-21(31)32)40-28-12-29(13-28,14-28)41-4-6-45-7-5-41/h2-3,8-10,15,21H,4-7,11-14H2,1H3,(H,38,42)(H,39,43)(H,36,37,40). The quantitative estimate of drug-likeness (QED) is 0.253. The number of hydrogen-bond acceptors (Lipinski definition) is 12. The highest BCUT2D eigenvalue weighted by molar-refractivity contribution is 6.14. The number of carbonyl (C=O) groups is 2. The minimum Gasteiger partial charge on any atom is -0.481 e. The summed E-state index contributed by atoms with van der Waals surface area (Å²) < 4.78 is 78.0. The number of alkyl halides is 4. The van der Waals surface area contributed by atoms with Gasteiger partial charge in [-0.2, -0.15) is 0 Å². The summed E-state index contributed by atoms with van der Waals surface area (Å²) >= 11 is 0. The zero-order valence-corrected chi connectivity index (χ0v) is 25.4. The molecule has 1 aromatic carbocycles. The summed E-state index contributed by atoms with van der Waals surface area (Å²) in [4.78, 5) is 42.0. The van der Waals surface area contributed by atoms with Crippen LogP contribution in [0.3, 0.4) is 0 Å². The van der Waals surface area contributed by atoms with Crippen LogP contribution in [0.2, 0.25) is 0 Å². The van der Waals surface area contributed by atoms with Gasteiger partial charge in [-0.3, -0.25) is 14.5 Å². The number of aromatic nitrogens is 3. The van der Waals surface area contributed by atoms with Gasteiger partial charge in [-0.15, -0.1) is 8.78 Å². The van der Waals surface area contributed by atoms with Crippen molar-refractivity contribution >= 4 is 29.0 Å². The molecule has 2 bridgehead atoms. The maximum atomic E-state index is 13.9. The van der Waals surface area contributed by atoms with Gasteiger partial charge in [0.2, 0.25) is 11.8 Å². The van der Waals surface area contributed by atoms with Crippen molar-refractivity contribution in [3.8, 4) is 23.3 Å². The van der Waals surface area contributed by atoms with Gasteiger partial charge in [0.1, 0.15) is 17.7 Å². The van der Waals surface area contributed by atoms with Crippen LogP contribution < -0.4 is 34.9 Å². The third-order valence-electron chi connectivity index (χ3n) is 8.69. The van der Waals surface area contributed by atoms with Crippen LogP contribution in [0.25, 0.3) is 0 Å². The Bertz CT molecular complexity index is 1740. The van der Waals surface area contributed by atoms with Gasteiger partial charge in [-0.1, -0.05) is 0 Å². The number of pyridine rings is 1. The number of rotatable bonds is 11. The Morgan fingerprint density at radius 2 is 1.75 bits per heavy atom. The number of halogens is 4. The van der Waals surface area contributed by atoms with E-state index >= 15 is 0 Å². The molecule has 1 saturated heterocycles. The maximum absolute atomic E-state index is 13.9. The molecule has 254 valence electrons. The highest BCUT2D eigenvalue weighted by Crippen LogP contribution is 2.65. The molecule has 0 unspecified atom stereocenters. The van der Waals surface area contributed by atoms with Crippen LogP contribution in [0.1, 0.15) is 40.0 Å². The number of fused-ring (bicyclic) bond motifs is 1. The van der Waals surface area contributed by atoms with Crippen LogP contribution >= 0.6 is 0 Å². The van der Waals surface area contributed by atoms with E-state index in [-0.39, 0.29) is 62.7 Å². The molecule has 2 aliphatic heterocycles. The molecule has 3 aromatic rings. The minimum absolute atomic E-state index is 0.0210. The molecule has 2 amide bonds. The Balaban J connectivity index is 1.13. The summed E-state index contributed by atoms with van der Waals surface area (Å²) in [5, 5.41) is 8.47. The molecule has 14 nitrogen and oxygen atoms in total. The van der Waals surface area contributed by atoms with Gasteiger partial charge in [0.25, 0.3) is 18.2 Å². The number of methoxy groups -OCH3 is 1. The van der Waals surface area contributed by atoms with Crippen LogP contribution in [0, 0.1) is 0 Å². The first-order chi connectivity index (χ1) is 23.0. The van der Waals surface area contributed by atoms with E-state index in [0.29, 0.717) is 13.2 Å². The fourth-order valence-corrected chi connectivity index (χ4v) is 6.66. The fourth-order valence-electron chi connectivity index (χ4n) is 6.66. The average Bonchev–Trinajstić information content (AvgIpc) is 3.34. The van der Waals surface area contributed by atoms with Gasteiger partial charge in [0.05, 0.1) is 37.8 Å². The van der Waals surface area contributed by atoms with Crippen molar-refractivity contribution in [2.45, 2.75) is 43.1 Å². The average molecular weight is 676 g/mol. The van der Waals surface area contributed by atoms with E-state index in [1.165, 1.54) is 25.3 Å². The predicted molar refractivity (Wildman–Crippen MR) is 158 cm³/mol. The Labute approximate surface area is 270 Å². The van der Waals surface area contributed by atoms with Crippen LogP contribution in [0.15, 0.2) is 36.8 Å². The van der Waals surface area contributed by atoms with Crippen molar-refractivity contribution in [1.82, 2.24) is 19.9 Å². The highest BCUT2D eigenvalue weighted by Gasteiger charge is 2.70. The van der Waals surface area contributed by atoms with E-state index in [1.807, 2.05) is 0 Å². The van der Waals surface area contributed by atoms with Gasteiger partial charge < -0.3 is 39.6 Å². The second-order valence-corrected chi connectivity index (χ2v) is 11.9. The molecule has 2 aromatic heterocycles. The number of amides is 2. The van der Waals surface area contributed by atoms with Crippen LogP contribution in [-0.4, -0.2) is 95.5 Å². The molecular formula is C30H29F4N7O7. The van der Waals surface area contributed by atoms with Gasteiger partial charge in [0, 0.05) is 42.0 Å². The maximum Gasteiger partial charge on any atom is 0.586 e. The van der Waals surface area contributed by atoms with Crippen molar-refractivity contribution in [2.75, 3.05) is 56.0 Å². The van der Waals surface area contributed by atoms with Gasteiger partial charge in [0.15, 0.2) is 18.1 Å². The summed E-state index contributed by atoms with van der Waals surface area (Å²) in [5.41, 5.74) is -0.724. The van der Waals surface area contributed by atoms with Gasteiger partial charge in [-0.05, 0) is 31.4 Å². The molecule has 0 spiro atoms. The van der Waals surface area contributed by atoms with Crippen molar-refractivity contribution in [3.05, 3.63) is 47.9 Å². The predicted octanol–water partition coefficient (Wildman–Crippen LogP) is 3.77. The Kier molecular flexibility index (Phi) is 7.86. The number of nitrogens with zero attached hydrogens (tertiary/aromatic N) is 4. The molecule has 18 heteroatoms. The summed E-state index contributed by atoms with van der Waals surface area (Å²) in [6.07, 6.45) is -2.04. The van der Waals surface area contributed by atoms with Gasteiger partial charge >= 0.3 is 6.29 Å². The van der Waals surface area contributed by atoms with Crippen LogP contribution in [-0.2, 0) is 4.74 Å². The topological polar surface area (TPSA) is 158 Å². The number of anilines is 3. The molecule has 3 aliphatic carbocycles. The lowest BCUT2D eigenvalue weighted by Crippen LogP contribution is -2.82. The number of ether oxygens (including phenoxy) is 5. The molecule has 4 fully saturated rings. The van der Waals surface area contributed by atoms with E-state index in [1.54, 1.807) is 0 Å². The van der Waals surface area contributed by atoms with E-state index in [0.717, 1.165) is 50.9 Å². The van der Waals surface area contributed by atoms with Crippen molar-refractivity contribution < 1.29 is 50.8 Å². The summed E-state index contributed by atoms with van der Waals surface area (Å²) in [6.45, 7) is 1.97. The highest BCUT2D eigenvalue weighted by atomic mass is 19.3. The molecule has 5 aliphatic rings. The lowest BCUT2D eigenvalue weighted by molar-refractivity contribution is -0.286. The minimum atomic E-state index is -3.85. The first-order valence-corrected chi connectivity index (χ1v) is 14.9.